The molecule has 0 atom stereocenters. The third kappa shape index (κ3) is 9.23. The van der Waals surface area contributed by atoms with Crippen molar-refractivity contribution in [3.05, 3.63) is 114 Å². The van der Waals surface area contributed by atoms with Crippen molar-refractivity contribution in [2.45, 2.75) is 51.6 Å². The van der Waals surface area contributed by atoms with Crippen LogP contribution >= 0.6 is 0 Å². The van der Waals surface area contributed by atoms with Crippen LogP contribution in [-0.4, -0.2) is 29.8 Å². The van der Waals surface area contributed by atoms with E-state index < -0.39 is 17.9 Å². The summed E-state index contributed by atoms with van der Waals surface area (Å²) in [6.07, 6.45) is 7.81. The Morgan fingerprint density at radius 3 is 1.86 bits per heavy atom. The molecule has 0 aliphatic heterocycles. The molecule has 43 heavy (non-hydrogen) atoms. The first-order valence-corrected chi connectivity index (χ1v) is 14.2. The minimum Gasteiger partial charge on any atom is -0.462 e. The zero-order chi connectivity index (χ0) is 30.8. The molecule has 0 unspecified atom stereocenters. The van der Waals surface area contributed by atoms with Crippen molar-refractivity contribution >= 4 is 29.8 Å². The normalized spacial score (nSPS) is 13.2. The number of benzene rings is 3. The number of carbonyl (C=O) groups excluding carboxylic acids is 4. The molecule has 3 aromatic rings. The summed E-state index contributed by atoms with van der Waals surface area (Å²) in [5.74, 6) is -1.19. The second-order valence-corrected chi connectivity index (χ2v) is 10.5. The summed E-state index contributed by atoms with van der Waals surface area (Å²) >= 11 is 0. The van der Waals surface area contributed by atoms with Crippen LogP contribution < -0.4 is 9.47 Å². The summed E-state index contributed by atoms with van der Waals surface area (Å²) in [6, 6.07) is 21.0. The lowest BCUT2D eigenvalue weighted by atomic mass is 9.98. The Hall–Kier alpha value is -5.04. The molecule has 7 nitrogen and oxygen atoms in total. The summed E-state index contributed by atoms with van der Waals surface area (Å²) < 4.78 is 16.0. The van der Waals surface area contributed by atoms with Gasteiger partial charge in [0.15, 0.2) is 5.78 Å². The van der Waals surface area contributed by atoms with Crippen molar-refractivity contribution in [2.75, 3.05) is 0 Å². The third-order valence-corrected chi connectivity index (χ3v) is 6.93. The number of hydrogen-bond acceptors (Lipinski definition) is 7. The summed E-state index contributed by atoms with van der Waals surface area (Å²) in [5.41, 5.74) is 3.53. The van der Waals surface area contributed by atoms with E-state index in [1.165, 1.54) is 18.2 Å². The monoisotopic (exact) mass is 578 g/mol. The van der Waals surface area contributed by atoms with Crippen LogP contribution in [0.5, 0.6) is 11.5 Å². The van der Waals surface area contributed by atoms with Crippen molar-refractivity contribution in [1.82, 2.24) is 0 Å². The van der Waals surface area contributed by atoms with E-state index in [0.717, 1.165) is 48.8 Å². The largest absolute Gasteiger partial charge is 0.462 e. The quantitative estimate of drug-likeness (QED) is 0.101. The molecule has 3 aromatic carbocycles. The lowest BCUT2D eigenvalue weighted by molar-refractivity contribution is -0.150. The van der Waals surface area contributed by atoms with E-state index in [0.29, 0.717) is 16.9 Å². The van der Waals surface area contributed by atoms with Gasteiger partial charge in [-0.05, 0) is 91.8 Å². The number of hydrogen-bond donors (Lipinski definition) is 0. The van der Waals surface area contributed by atoms with Gasteiger partial charge in [0, 0.05) is 16.7 Å². The molecule has 0 N–H and O–H groups in total. The molecule has 0 spiro atoms. The van der Waals surface area contributed by atoms with Crippen LogP contribution in [0.2, 0.25) is 0 Å². The van der Waals surface area contributed by atoms with E-state index in [1.54, 1.807) is 37.3 Å². The zero-order valence-corrected chi connectivity index (χ0v) is 24.2. The van der Waals surface area contributed by atoms with Crippen LogP contribution in [0.1, 0.15) is 61.4 Å². The van der Waals surface area contributed by atoms with Crippen LogP contribution in [0, 0.1) is 0 Å². The highest BCUT2D eigenvalue weighted by molar-refractivity contribution is 6.07. The number of allylic oxidation sites excluding steroid dienone is 1. The van der Waals surface area contributed by atoms with Crippen molar-refractivity contribution in [3.8, 4) is 22.6 Å². The van der Waals surface area contributed by atoms with Crippen molar-refractivity contribution in [1.29, 1.82) is 0 Å². The predicted octanol–water partition coefficient (Wildman–Crippen LogP) is 7.46. The Labute approximate surface area is 251 Å². The molecule has 1 fully saturated rings. The summed E-state index contributed by atoms with van der Waals surface area (Å²) in [7, 11) is 0. The van der Waals surface area contributed by atoms with Gasteiger partial charge in [0.05, 0.1) is 6.42 Å². The first kappa shape index (κ1) is 30.9. The Morgan fingerprint density at radius 2 is 1.28 bits per heavy atom. The van der Waals surface area contributed by atoms with Crippen molar-refractivity contribution in [3.63, 3.8) is 0 Å². The number of esters is 3. The van der Waals surface area contributed by atoms with Crippen LogP contribution in [0.4, 0.5) is 0 Å². The van der Waals surface area contributed by atoms with Gasteiger partial charge >= 0.3 is 17.9 Å². The standard InChI is InChI=1S/C36H34O7/c1-24(2)35(39)42-31-18-14-28(15-19-31)27-12-9-26(10-13-27)11-22-33(37)29-16-20-32(21-17-29)43-36(40)25(3)23-34(38)41-30-7-5-4-6-8-30/h9-22,30H,1,3-8,23H2,2H3/b22-11+. The van der Waals surface area contributed by atoms with E-state index in [2.05, 4.69) is 13.2 Å². The summed E-state index contributed by atoms with van der Waals surface area (Å²) in [6.45, 7) is 8.83. The van der Waals surface area contributed by atoms with E-state index in [-0.39, 0.29) is 29.6 Å². The molecule has 0 radical (unpaired) electrons. The number of ether oxygens (including phenoxy) is 3. The fourth-order valence-electron chi connectivity index (χ4n) is 4.49. The van der Waals surface area contributed by atoms with E-state index >= 15 is 0 Å². The molecule has 1 aliphatic rings. The molecule has 0 aromatic heterocycles. The molecular formula is C36H34O7. The molecule has 0 heterocycles. The maximum absolute atomic E-state index is 12.7. The maximum Gasteiger partial charge on any atom is 0.339 e. The molecule has 7 heteroatoms. The maximum atomic E-state index is 12.7. The lowest BCUT2D eigenvalue weighted by Gasteiger charge is -2.21. The van der Waals surface area contributed by atoms with Crippen molar-refractivity contribution in [2.24, 2.45) is 0 Å². The zero-order valence-electron chi connectivity index (χ0n) is 24.2. The number of ketones is 1. The van der Waals surface area contributed by atoms with Crippen LogP contribution in [-0.2, 0) is 19.1 Å². The summed E-state index contributed by atoms with van der Waals surface area (Å²) in [5, 5.41) is 0. The van der Waals surface area contributed by atoms with Gasteiger partial charge in [-0.3, -0.25) is 9.59 Å². The molecular weight excluding hydrogens is 544 g/mol. The Bertz CT molecular complexity index is 1520. The van der Waals surface area contributed by atoms with E-state index in [4.69, 9.17) is 14.2 Å². The highest BCUT2D eigenvalue weighted by Gasteiger charge is 2.21. The molecule has 1 aliphatic carbocycles. The molecule has 1 saturated carbocycles. The minimum atomic E-state index is -0.717. The Balaban J connectivity index is 1.26. The van der Waals surface area contributed by atoms with Gasteiger partial charge in [-0.2, -0.15) is 0 Å². The molecule has 0 saturated heterocycles. The molecule has 220 valence electrons. The molecule has 0 amide bonds. The van der Waals surface area contributed by atoms with Gasteiger partial charge < -0.3 is 14.2 Å². The highest BCUT2D eigenvalue weighted by Crippen LogP contribution is 2.24. The van der Waals surface area contributed by atoms with Gasteiger partial charge in [-0.15, -0.1) is 0 Å². The third-order valence-electron chi connectivity index (χ3n) is 6.93. The van der Waals surface area contributed by atoms with E-state index in [1.807, 2.05) is 36.4 Å². The number of rotatable bonds is 11. The van der Waals surface area contributed by atoms with Crippen LogP contribution in [0.3, 0.4) is 0 Å². The SMILES string of the molecule is C=C(C)C(=O)Oc1ccc(-c2ccc(/C=C/C(=O)c3ccc(OC(=O)C(=C)CC(=O)OC4CCCCC4)cc3)cc2)cc1. The predicted molar refractivity (Wildman–Crippen MR) is 164 cm³/mol. The molecule has 0 bridgehead atoms. The second kappa shape index (κ2) is 14.7. The van der Waals surface area contributed by atoms with Crippen LogP contribution in [0.15, 0.2) is 103 Å². The van der Waals surface area contributed by atoms with Crippen molar-refractivity contribution < 1.29 is 33.4 Å². The second-order valence-electron chi connectivity index (χ2n) is 10.5. The van der Waals surface area contributed by atoms with Gasteiger partial charge in [0.25, 0.3) is 0 Å². The molecule has 4 rings (SSSR count). The fourth-order valence-corrected chi connectivity index (χ4v) is 4.49. The smallest absolute Gasteiger partial charge is 0.339 e. The average molecular weight is 579 g/mol. The Morgan fingerprint density at radius 1 is 0.744 bits per heavy atom. The highest BCUT2D eigenvalue weighted by atomic mass is 16.5. The van der Waals surface area contributed by atoms with Crippen LogP contribution in [0.25, 0.3) is 17.2 Å². The fraction of sp³-hybridized carbons (Fsp3) is 0.222. The minimum absolute atomic E-state index is 0.0102. The lowest BCUT2D eigenvalue weighted by Crippen LogP contribution is -2.22. The van der Waals surface area contributed by atoms with Gasteiger partial charge in [-0.25, -0.2) is 9.59 Å². The summed E-state index contributed by atoms with van der Waals surface area (Å²) in [4.78, 5) is 48.9. The number of carbonyl (C=O) groups is 4. The first-order chi connectivity index (χ1) is 20.7. The van der Waals surface area contributed by atoms with Gasteiger partial charge in [0.1, 0.15) is 17.6 Å². The Kier molecular flexibility index (Phi) is 10.6. The first-order valence-electron chi connectivity index (χ1n) is 14.2. The average Bonchev–Trinajstić information content (AvgIpc) is 3.01. The van der Waals surface area contributed by atoms with Gasteiger partial charge in [0.2, 0.25) is 0 Å². The van der Waals surface area contributed by atoms with Gasteiger partial charge in [-0.1, -0.05) is 62.1 Å². The van der Waals surface area contributed by atoms with E-state index in [9.17, 15) is 19.2 Å². The topological polar surface area (TPSA) is 96.0 Å².